The van der Waals surface area contributed by atoms with Gasteiger partial charge in [0, 0.05) is 11.6 Å². The average molecular weight is 287 g/mol. The summed E-state index contributed by atoms with van der Waals surface area (Å²) in [5.41, 5.74) is 0.667. The Morgan fingerprint density at radius 2 is 1.81 bits per heavy atom. The highest BCUT2D eigenvalue weighted by molar-refractivity contribution is 5.95. The second-order valence-electron chi connectivity index (χ2n) is 6.45. The van der Waals surface area contributed by atoms with E-state index >= 15 is 0 Å². The molecule has 4 heteroatoms. The van der Waals surface area contributed by atoms with Crippen molar-refractivity contribution < 1.29 is 14.3 Å². The Bertz CT molecular complexity index is 549. The van der Waals surface area contributed by atoms with Gasteiger partial charge in [-0.3, -0.25) is 4.79 Å². The molecule has 1 amide bonds. The molecule has 1 atom stereocenters. The van der Waals surface area contributed by atoms with E-state index in [2.05, 4.69) is 5.32 Å². The molecule has 4 aliphatic rings. The molecule has 0 aromatic heterocycles. The first-order chi connectivity index (χ1) is 10.3. The van der Waals surface area contributed by atoms with Crippen LogP contribution in [0.5, 0.6) is 11.5 Å². The van der Waals surface area contributed by atoms with E-state index in [4.69, 9.17) is 9.47 Å². The van der Waals surface area contributed by atoms with Crippen LogP contribution in [0.1, 0.15) is 42.5 Å². The maximum absolute atomic E-state index is 12.5. The first kappa shape index (κ1) is 13.0. The SMILES string of the molecule is O=C(NC1CC2CCC1CC2)c1ccc2c(c1)OCCO2. The first-order valence-corrected chi connectivity index (χ1v) is 8.00. The van der Waals surface area contributed by atoms with Crippen LogP contribution < -0.4 is 14.8 Å². The fraction of sp³-hybridized carbons (Fsp3) is 0.588. The zero-order chi connectivity index (χ0) is 14.2. The fourth-order valence-electron chi connectivity index (χ4n) is 3.99. The number of fused-ring (bicyclic) bond motifs is 4. The first-order valence-electron chi connectivity index (χ1n) is 8.00. The number of ether oxygens (including phenoxy) is 2. The van der Waals surface area contributed by atoms with Gasteiger partial charge in [-0.05, 0) is 49.3 Å². The second kappa shape index (κ2) is 5.24. The zero-order valence-electron chi connectivity index (χ0n) is 12.1. The van der Waals surface area contributed by atoms with Crippen molar-refractivity contribution in [3.8, 4) is 11.5 Å². The molecule has 112 valence electrons. The van der Waals surface area contributed by atoms with Crippen LogP contribution in [0.15, 0.2) is 18.2 Å². The molecule has 0 spiro atoms. The van der Waals surface area contributed by atoms with Crippen LogP contribution >= 0.6 is 0 Å². The summed E-state index contributed by atoms with van der Waals surface area (Å²) in [6.45, 7) is 1.12. The Kier molecular flexibility index (Phi) is 3.24. The summed E-state index contributed by atoms with van der Waals surface area (Å²) in [5.74, 6) is 2.93. The Hall–Kier alpha value is -1.71. The van der Waals surface area contributed by atoms with E-state index in [0.29, 0.717) is 36.5 Å². The van der Waals surface area contributed by atoms with E-state index in [1.807, 2.05) is 12.1 Å². The molecule has 1 N–H and O–H groups in total. The predicted molar refractivity (Wildman–Crippen MR) is 78.8 cm³/mol. The average Bonchev–Trinajstić information content (AvgIpc) is 2.55. The minimum absolute atomic E-state index is 0.0181. The molecular weight excluding hydrogens is 266 g/mol. The van der Waals surface area contributed by atoms with Gasteiger partial charge in [0.25, 0.3) is 5.91 Å². The second-order valence-corrected chi connectivity index (χ2v) is 6.45. The summed E-state index contributed by atoms with van der Waals surface area (Å²) in [7, 11) is 0. The molecule has 3 aliphatic carbocycles. The van der Waals surface area contributed by atoms with Crippen molar-refractivity contribution in [1.82, 2.24) is 5.32 Å². The summed E-state index contributed by atoms with van der Waals surface area (Å²) < 4.78 is 11.0. The van der Waals surface area contributed by atoms with Crippen LogP contribution in [0.3, 0.4) is 0 Å². The molecule has 1 aromatic carbocycles. The highest BCUT2D eigenvalue weighted by atomic mass is 16.6. The minimum Gasteiger partial charge on any atom is -0.486 e. The van der Waals surface area contributed by atoms with Gasteiger partial charge in [-0.1, -0.05) is 12.8 Å². The summed E-state index contributed by atoms with van der Waals surface area (Å²) >= 11 is 0. The van der Waals surface area contributed by atoms with E-state index in [0.717, 1.165) is 18.1 Å². The topological polar surface area (TPSA) is 47.6 Å². The van der Waals surface area contributed by atoms with E-state index in [9.17, 15) is 4.79 Å². The largest absolute Gasteiger partial charge is 0.486 e. The molecule has 0 saturated heterocycles. The number of hydrogen-bond acceptors (Lipinski definition) is 3. The van der Waals surface area contributed by atoms with Crippen LogP contribution in [0.2, 0.25) is 0 Å². The zero-order valence-corrected chi connectivity index (χ0v) is 12.1. The van der Waals surface area contributed by atoms with Gasteiger partial charge >= 0.3 is 0 Å². The van der Waals surface area contributed by atoms with E-state index in [-0.39, 0.29) is 5.91 Å². The standard InChI is InChI=1S/C17H21NO3/c19-17(18-14-9-11-1-3-12(14)4-2-11)13-5-6-15-16(10-13)21-8-7-20-15/h5-6,10-12,14H,1-4,7-9H2,(H,18,19). The van der Waals surface area contributed by atoms with Crippen LogP contribution in [0.4, 0.5) is 0 Å². The summed E-state index contributed by atoms with van der Waals surface area (Å²) in [6, 6.07) is 5.81. The lowest BCUT2D eigenvalue weighted by Crippen LogP contribution is -2.47. The molecule has 3 fully saturated rings. The lowest BCUT2D eigenvalue weighted by atomic mass is 9.68. The Morgan fingerprint density at radius 1 is 1.05 bits per heavy atom. The Morgan fingerprint density at radius 3 is 2.52 bits per heavy atom. The number of rotatable bonds is 2. The number of carbonyl (C=O) groups excluding carboxylic acids is 1. The highest BCUT2D eigenvalue weighted by Gasteiger charge is 2.36. The van der Waals surface area contributed by atoms with Crippen molar-refractivity contribution in [2.24, 2.45) is 11.8 Å². The molecule has 1 heterocycles. The van der Waals surface area contributed by atoms with Gasteiger partial charge < -0.3 is 14.8 Å². The third-order valence-corrected chi connectivity index (χ3v) is 5.17. The fourth-order valence-corrected chi connectivity index (χ4v) is 3.99. The smallest absolute Gasteiger partial charge is 0.251 e. The van der Waals surface area contributed by atoms with Gasteiger partial charge in [-0.2, -0.15) is 0 Å². The molecule has 21 heavy (non-hydrogen) atoms. The number of benzene rings is 1. The summed E-state index contributed by atoms with van der Waals surface area (Å²) in [5, 5.41) is 3.24. The molecule has 4 nitrogen and oxygen atoms in total. The summed E-state index contributed by atoms with van der Waals surface area (Å²) in [6.07, 6.45) is 6.40. The predicted octanol–water partition coefficient (Wildman–Crippen LogP) is 2.77. The lowest BCUT2D eigenvalue weighted by Gasteiger charge is -2.42. The third kappa shape index (κ3) is 2.47. The van der Waals surface area contributed by atoms with Gasteiger partial charge in [0.15, 0.2) is 11.5 Å². The van der Waals surface area contributed by atoms with Crippen LogP contribution in [-0.4, -0.2) is 25.2 Å². The molecular formula is C17H21NO3. The number of amides is 1. The Balaban J connectivity index is 1.47. The van der Waals surface area contributed by atoms with Gasteiger partial charge in [-0.25, -0.2) is 0 Å². The summed E-state index contributed by atoms with van der Waals surface area (Å²) in [4.78, 5) is 12.5. The molecule has 0 radical (unpaired) electrons. The van der Waals surface area contributed by atoms with Crippen molar-refractivity contribution in [3.63, 3.8) is 0 Å². The van der Waals surface area contributed by atoms with Crippen molar-refractivity contribution in [1.29, 1.82) is 0 Å². The molecule has 5 rings (SSSR count). The minimum atomic E-state index is 0.0181. The molecule has 1 aromatic rings. The maximum atomic E-state index is 12.5. The molecule has 2 bridgehead atoms. The van der Waals surface area contributed by atoms with E-state index in [1.54, 1.807) is 6.07 Å². The number of hydrogen-bond donors (Lipinski definition) is 1. The molecule has 3 saturated carbocycles. The van der Waals surface area contributed by atoms with Gasteiger partial charge in [-0.15, -0.1) is 0 Å². The normalized spacial score (nSPS) is 30.0. The Labute approximate surface area is 124 Å². The maximum Gasteiger partial charge on any atom is 0.251 e. The number of nitrogens with one attached hydrogen (secondary N) is 1. The van der Waals surface area contributed by atoms with Crippen molar-refractivity contribution in [2.75, 3.05) is 13.2 Å². The molecule has 1 unspecified atom stereocenters. The third-order valence-electron chi connectivity index (χ3n) is 5.17. The van der Waals surface area contributed by atoms with E-state index in [1.165, 1.54) is 25.7 Å². The van der Waals surface area contributed by atoms with E-state index < -0.39 is 0 Å². The van der Waals surface area contributed by atoms with Crippen molar-refractivity contribution in [2.45, 2.75) is 38.1 Å². The quantitative estimate of drug-likeness (QED) is 0.910. The van der Waals surface area contributed by atoms with Gasteiger partial charge in [0.05, 0.1) is 0 Å². The van der Waals surface area contributed by atoms with Gasteiger partial charge in [0.2, 0.25) is 0 Å². The van der Waals surface area contributed by atoms with Crippen LogP contribution in [-0.2, 0) is 0 Å². The lowest BCUT2D eigenvalue weighted by molar-refractivity contribution is 0.0809. The van der Waals surface area contributed by atoms with Gasteiger partial charge in [0.1, 0.15) is 13.2 Å². The highest BCUT2D eigenvalue weighted by Crippen LogP contribution is 2.41. The molecule has 1 aliphatic heterocycles. The number of carbonyl (C=O) groups is 1. The van der Waals surface area contributed by atoms with Crippen molar-refractivity contribution in [3.05, 3.63) is 23.8 Å². The monoisotopic (exact) mass is 287 g/mol. The van der Waals surface area contributed by atoms with Crippen LogP contribution in [0, 0.1) is 11.8 Å². The van der Waals surface area contributed by atoms with Crippen molar-refractivity contribution >= 4 is 5.91 Å². The van der Waals surface area contributed by atoms with Crippen LogP contribution in [0.25, 0.3) is 0 Å².